The average Bonchev–Trinajstić information content (AvgIpc) is 2.89. The van der Waals surface area contributed by atoms with Gasteiger partial charge in [-0.3, -0.25) is 0 Å². The smallest absolute Gasteiger partial charge is 0.341 e. The second-order valence-corrected chi connectivity index (χ2v) is 8.91. The van der Waals surface area contributed by atoms with Crippen LogP contribution in [0, 0.1) is 17.8 Å². The van der Waals surface area contributed by atoms with Crippen LogP contribution in [0.5, 0.6) is 5.75 Å². The topological polar surface area (TPSA) is 50.1 Å². The average molecular weight is 359 g/mol. The zero-order valence-electron chi connectivity index (χ0n) is 15.5. The summed E-state index contributed by atoms with van der Waals surface area (Å²) in [5.74, 6) is 0.324. The van der Waals surface area contributed by atoms with Crippen LogP contribution >= 0.6 is 0 Å². The largest absolute Gasteiger partial charge is 0.540 e. The summed E-state index contributed by atoms with van der Waals surface area (Å²) < 4.78 is 17.6. The number of ether oxygens (including phenoxy) is 1. The summed E-state index contributed by atoms with van der Waals surface area (Å²) >= 11 is 0. The van der Waals surface area contributed by atoms with Gasteiger partial charge < -0.3 is 13.6 Å². The molecule has 2 fully saturated rings. The lowest BCUT2D eigenvalue weighted by Crippen LogP contribution is -2.73. The highest BCUT2D eigenvalue weighted by Gasteiger charge is 2.83. The van der Waals surface area contributed by atoms with Gasteiger partial charge in [0.2, 0.25) is 0 Å². The van der Waals surface area contributed by atoms with Gasteiger partial charge in [-0.05, 0) is 25.1 Å². The minimum Gasteiger partial charge on any atom is -0.540 e. The van der Waals surface area contributed by atoms with Crippen LogP contribution in [-0.4, -0.2) is 22.7 Å². The quantitative estimate of drug-likeness (QED) is 0.595. The maximum Gasteiger partial charge on any atom is 0.341 e. The summed E-state index contributed by atoms with van der Waals surface area (Å²) in [4.78, 5) is 11.6. The van der Waals surface area contributed by atoms with Crippen molar-refractivity contribution in [3.63, 3.8) is 0 Å². The fourth-order valence-corrected chi connectivity index (χ4v) is 4.87. The summed E-state index contributed by atoms with van der Waals surface area (Å²) in [6.07, 6.45) is 0. The number of furan rings is 1. The number of aryl methyl sites for hydroxylation is 1. The minimum absolute atomic E-state index is 0.222. The summed E-state index contributed by atoms with van der Waals surface area (Å²) in [6, 6.07) is 5.66. The van der Waals surface area contributed by atoms with E-state index in [1.807, 2.05) is 25.1 Å². The van der Waals surface area contributed by atoms with Crippen LogP contribution in [0.15, 0.2) is 22.6 Å². The molecule has 0 aliphatic carbocycles. The Morgan fingerprint density at radius 1 is 1.16 bits per heavy atom. The van der Waals surface area contributed by atoms with Crippen molar-refractivity contribution in [3.05, 3.63) is 29.5 Å². The van der Waals surface area contributed by atoms with E-state index in [0.29, 0.717) is 18.1 Å². The fourth-order valence-electron chi connectivity index (χ4n) is 4.74. The van der Waals surface area contributed by atoms with Crippen LogP contribution in [0.25, 0.3) is 11.0 Å². The molecule has 2 saturated heterocycles. The number of hydrogen-bond donors (Lipinski definition) is 0. The molecule has 2 unspecified atom stereocenters. The molecular formula is C19H23O5Si. The Morgan fingerprint density at radius 3 is 2.44 bits per heavy atom. The first-order valence-corrected chi connectivity index (χ1v) is 8.88. The van der Waals surface area contributed by atoms with Crippen molar-refractivity contribution in [2.24, 2.45) is 10.8 Å². The van der Waals surface area contributed by atoms with Crippen molar-refractivity contribution >= 4 is 21.5 Å². The molecule has 2 atom stereocenters. The maximum atomic E-state index is 6.26. The molecule has 2 aliphatic rings. The number of benzene rings is 1. The number of hydrogen-bond acceptors (Lipinski definition) is 5. The molecule has 6 heteroatoms. The Kier molecular flexibility index (Phi) is 3.34. The Morgan fingerprint density at radius 2 is 1.88 bits per heavy atom. The Balaban J connectivity index is 1.95. The van der Waals surface area contributed by atoms with Gasteiger partial charge in [0.15, 0.2) is 11.4 Å². The highest BCUT2D eigenvalue weighted by Crippen LogP contribution is 2.69. The molecule has 4 rings (SSSR count). The first-order valence-electron chi connectivity index (χ1n) is 8.48. The van der Waals surface area contributed by atoms with E-state index in [1.165, 1.54) is 0 Å². The van der Waals surface area contributed by atoms with E-state index in [2.05, 4.69) is 45.1 Å². The van der Waals surface area contributed by atoms with Gasteiger partial charge in [-0.1, -0.05) is 34.6 Å². The molecular weight excluding hydrogens is 336 g/mol. The molecule has 2 aromatic rings. The SMILES string of the molecule is Cc1c(C23OCC(C)(C)C2(C(C)(C)C)OO3)oc2ccc(O[Si])cc12. The fraction of sp³-hybridized carbons (Fsp3) is 0.579. The van der Waals surface area contributed by atoms with Gasteiger partial charge in [0.1, 0.15) is 11.3 Å². The van der Waals surface area contributed by atoms with Crippen molar-refractivity contribution in [1.82, 2.24) is 0 Å². The Labute approximate surface area is 151 Å². The third kappa shape index (κ3) is 1.83. The van der Waals surface area contributed by atoms with Gasteiger partial charge in [-0.25, -0.2) is 4.89 Å². The normalized spacial score (nSPS) is 31.0. The van der Waals surface area contributed by atoms with E-state index in [4.69, 9.17) is 23.4 Å². The molecule has 1 aromatic carbocycles. The van der Waals surface area contributed by atoms with Gasteiger partial charge in [-0.2, -0.15) is 4.89 Å². The molecule has 3 radical (unpaired) electrons. The molecule has 0 bridgehead atoms. The highest BCUT2D eigenvalue weighted by molar-refractivity contribution is 6.00. The molecule has 0 spiro atoms. The van der Waals surface area contributed by atoms with E-state index < -0.39 is 11.4 Å². The monoisotopic (exact) mass is 359 g/mol. The Bertz CT molecular complexity index is 849. The number of fused-ring (bicyclic) bond motifs is 2. The number of rotatable bonds is 2. The van der Waals surface area contributed by atoms with Crippen molar-refractivity contribution in [1.29, 1.82) is 0 Å². The lowest BCUT2D eigenvalue weighted by molar-refractivity contribution is -0.629. The highest BCUT2D eigenvalue weighted by atomic mass is 28.2. The van der Waals surface area contributed by atoms with Crippen LogP contribution < -0.4 is 4.43 Å². The second-order valence-electron chi connectivity index (χ2n) is 8.70. The van der Waals surface area contributed by atoms with Crippen LogP contribution in [0.1, 0.15) is 45.9 Å². The van der Waals surface area contributed by atoms with Crippen LogP contribution in [0.3, 0.4) is 0 Å². The van der Waals surface area contributed by atoms with Crippen molar-refractivity contribution in [3.8, 4) is 5.75 Å². The van der Waals surface area contributed by atoms with Gasteiger partial charge in [0, 0.05) is 21.8 Å². The summed E-state index contributed by atoms with van der Waals surface area (Å²) in [5.41, 5.74) is 0.621. The molecule has 1 aromatic heterocycles. The molecule has 0 amide bonds. The lowest BCUT2D eigenvalue weighted by Gasteiger charge is -2.60. The van der Waals surface area contributed by atoms with E-state index in [1.54, 1.807) is 0 Å². The van der Waals surface area contributed by atoms with E-state index in [9.17, 15) is 0 Å². The summed E-state index contributed by atoms with van der Waals surface area (Å²) in [6.45, 7) is 13.3. The van der Waals surface area contributed by atoms with E-state index >= 15 is 0 Å². The van der Waals surface area contributed by atoms with Crippen molar-refractivity contribution < 1.29 is 23.4 Å². The first-order chi connectivity index (χ1) is 11.6. The zero-order valence-corrected chi connectivity index (χ0v) is 16.5. The van der Waals surface area contributed by atoms with Gasteiger partial charge in [0.05, 0.1) is 6.61 Å². The second kappa shape index (κ2) is 4.88. The first kappa shape index (κ1) is 17.1. The van der Waals surface area contributed by atoms with Crippen molar-refractivity contribution in [2.45, 2.75) is 52.9 Å². The maximum absolute atomic E-state index is 6.26. The minimum atomic E-state index is -1.05. The molecule has 3 heterocycles. The molecule has 0 saturated carbocycles. The third-order valence-electron chi connectivity index (χ3n) is 5.72. The lowest BCUT2D eigenvalue weighted by atomic mass is 9.58. The molecule has 2 aliphatic heterocycles. The van der Waals surface area contributed by atoms with Gasteiger partial charge in [0.25, 0.3) is 5.79 Å². The predicted molar refractivity (Wildman–Crippen MR) is 93.1 cm³/mol. The van der Waals surface area contributed by atoms with E-state index in [-0.39, 0.29) is 10.8 Å². The molecule has 25 heavy (non-hydrogen) atoms. The molecule has 133 valence electrons. The third-order valence-corrected chi connectivity index (χ3v) is 5.95. The van der Waals surface area contributed by atoms with Crippen LogP contribution in [-0.2, 0) is 20.3 Å². The molecule has 5 nitrogen and oxygen atoms in total. The van der Waals surface area contributed by atoms with Gasteiger partial charge in [-0.15, -0.1) is 0 Å². The van der Waals surface area contributed by atoms with Crippen LogP contribution in [0.2, 0.25) is 0 Å². The summed E-state index contributed by atoms with van der Waals surface area (Å²) in [5, 5.41) is 0.965. The van der Waals surface area contributed by atoms with Crippen LogP contribution in [0.4, 0.5) is 0 Å². The van der Waals surface area contributed by atoms with Gasteiger partial charge >= 0.3 is 10.5 Å². The molecule has 0 N–H and O–H groups in total. The standard InChI is InChI=1S/C19H23O5Si/c1-11-13-9-12(22-25)7-8-14(13)21-15(11)18-19(24-23-18,16(2,3)4)17(5,6)10-20-18/h7-9H,10H2,1-6H3. The summed E-state index contributed by atoms with van der Waals surface area (Å²) in [7, 11) is 3.07. The predicted octanol–water partition coefficient (Wildman–Crippen LogP) is 4.16. The van der Waals surface area contributed by atoms with Crippen molar-refractivity contribution in [2.75, 3.05) is 6.61 Å². The zero-order chi connectivity index (χ0) is 18.3. The Hall–Kier alpha value is -1.34. The van der Waals surface area contributed by atoms with E-state index in [0.717, 1.165) is 16.5 Å².